The first-order chi connectivity index (χ1) is 8.56. The molecule has 0 spiro atoms. The number of amides is 1. The third-order valence-corrected chi connectivity index (χ3v) is 3.47. The molecule has 1 heterocycles. The van der Waals surface area contributed by atoms with Gasteiger partial charge >= 0.3 is 0 Å². The number of thiazole rings is 1. The van der Waals surface area contributed by atoms with Crippen molar-refractivity contribution >= 4 is 33.1 Å². The van der Waals surface area contributed by atoms with E-state index in [9.17, 15) is 4.79 Å². The number of hydrogen-bond acceptors (Lipinski definition) is 4. The summed E-state index contributed by atoms with van der Waals surface area (Å²) in [6.07, 6.45) is 0.685. The molecule has 0 saturated heterocycles. The van der Waals surface area contributed by atoms with Crippen molar-refractivity contribution in [2.75, 3.05) is 5.32 Å². The lowest BCUT2D eigenvalue weighted by atomic mass is 10.0. The Kier molecular flexibility index (Phi) is 3.93. The molecule has 1 aromatic heterocycles. The first kappa shape index (κ1) is 13.0. The minimum atomic E-state index is -0.462. The molecular weight excluding hydrogens is 246 g/mol. The van der Waals surface area contributed by atoms with Gasteiger partial charge in [-0.1, -0.05) is 13.8 Å². The van der Waals surface area contributed by atoms with Crippen LogP contribution in [0, 0.1) is 5.92 Å². The SMILES string of the molecule is CC(C)C[C@H](N)C(=O)Nc1ccc2scnc2c1. The third-order valence-electron chi connectivity index (χ3n) is 2.66. The average Bonchev–Trinajstić information content (AvgIpc) is 2.75. The van der Waals surface area contributed by atoms with Crippen LogP contribution in [0.25, 0.3) is 10.2 Å². The molecule has 0 radical (unpaired) electrons. The van der Waals surface area contributed by atoms with Crippen molar-refractivity contribution in [2.45, 2.75) is 26.3 Å². The molecule has 2 rings (SSSR count). The van der Waals surface area contributed by atoms with Gasteiger partial charge in [0.25, 0.3) is 0 Å². The van der Waals surface area contributed by atoms with Crippen molar-refractivity contribution in [3.8, 4) is 0 Å². The van der Waals surface area contributed by atoms with Gasteiger partial charge in [-0.2, -0.15) is 0 Å². The molecular formula is C13H17N3OS. The molecule has 4 nitrogen and oxygen atoms in total. The fourth-order valence-corrected chi connectivity index (χ4v) is 2.44. The zero-order valence-corrected chi connectivity index (χ0v) is 11.3. The summed E-state index contributed by atoms with van der Waals surface area (Å²) < 4.78 is 1.11. The Balaban J connectivity index is 2.06. The van der Waals surface area contributed by atoms with Gasteiger partial charge in [-0.15, -0.1) is 11.3 Å². The monoisotopic (exact) mass is 263 g/mol. The van der Waals surface area contributed by atoms with Crippen LogP contribution in [0.1, 0.15) is 20.3 Å². The predicted molar refractivity (Wildman–Crippen MR) is 75.7 cm³/mol. The molecule has 0 unspecified atom stereocenters. The number of hydrogen-bond donors (Lipinski definition) is 2. The van der Waals surface area contributed by atoms with Gasteiger partial charge in [-0.3, -0.25) is 4.79 Å². The number of anilines is 1. The van der Waals surface area contributed by atoms with Gasteiger partial charge in [0.05, 0.1) is 21.8 Å². The summed E-state index contributed by atoms with van der Waals surface area (Å²) >= 11 is 1.58. The molecule has 18 heavy (non-hydrogen) atoms. The van der Waals surface area contributed by atoms with Gasteiger partial charge in [0.1, 0.15) is 0 Å². The first-order valence-corrected chi connectivity index (χ1v) is 6.84. The zero-order chi connectivity index (χ0) is 13.1. The van der Waals surface area contributed by atoms with Crippen molar-refractivity contribution in [3.63, 3.8) is 0 Å². The highest BCUT2D eigenvalue weighted by molar-refractivity contribution is 7.16. The van der Waals surface area contributed by atoms with E-state index >= 15 is 0 Å². The van der Waals surface area contributed by atoms with Crippen LogP contribution in [-0.4, -0.2) is 16.9 Å². The summed E-state index contributed by atoms with van der Waals surface area (Å²) in [7, 11) is 0. The highest BCUT2D eigenvalue weighted by Gasteiger charge is 2.15. The van der Waals surface area contributed by atoms with Crippen LogP contribution in [0.4, 0.5) is 5.69 Å². The molecule has 5 heteroatoms. The topological polar surface area (TPSA) is 68.0 Å². The van der Waals surface area contributed by atoms with Gasteiger partial charge < -0.3 is 11.1 Å². The number of carbonyl (C=O) groups is 1. The van der Waals surface area contributed by atoms with Crippen molar-refractivity contribution < 1.29 is 4.79 Å². The summed E-state index contributed by atoms with van der Waals surface area (Å²) in [5.41, 5.74) is 9.27. The van der Waals surface area contributed by atoms with E-state index in [1.807, 2.05) is 18.2 Å². The quantitative estimate of drug-likeness (QED) is 0.891. The maximum absolute atomic E-state index is 11.9. The maximum Gasteiger partial charge on any atom is 0.241 e. The fraction of sp³-hybridized carbons (Fsp3) is 0.385. The van der Waals surface area contributed by atoms with Crippen molar-refractivity contribution in [1.82, 2.24) is 4.98 Å². The molecule has 0 aliphatic carbocycles. The van der Waals surface area contributed by atoms with Crippen molar-refractivity contribution in [3.05, 3.63) is 23.7 Å². The minimum absolute atomic E-state index is 0.140. The molecule has 96 valence electrons. The Hall–Kier alpha value is -1.46. The number of aromatic nitrogens is 1. The molecule has 0 aliphatic rings. The van der Waals surface area contributed by atoms with Crippen LogP contribution in [0.3, 0.4) is 0 Å². The molecule has 3 N–H and O–H groups in total. The number of fused-ring (bicyclic) bond motifs is 1. The smallest absolute Gasteiger partial charge is 0.241 e. The lowest BCUT2D eigenvalue weighted by Gasteiger charge is -2.14. The minimum Gasteiger partial charge on any atom is -0.325 e. The van der Waals surface area contributed by atoms with Crippen LogP contribution < -0.4 is 11.1 Å². The highest BCUT2D eigenvalue weighted by Crippen LogP contribution is 2.21. The summed E-state index contributed by atoms with van der Waals surface area (Å²) in [5, 5.41) is 2.83. The summed E-state index contributed by atoms with van der Waals surface area (Å²) in [6.45, 7) is 4.10. The normalized spacial score (nSPS) is 12.9. The second kappa shape index (κ2) is 5.46. The molecule has 2 aromatic rings. The summed E-state index contributed by atoms with van der Waals surface area (Å²) in [5.74, 6) is 0.269. The molecule has 1 aromatic carbocycles. The van der Waals surface area contributed by atoms with E-state index in [1.54, 1.807) is 16.8 Å². The van der Waals surface area contributed by atoms with Crippen LogP contribution >= 0.6 is 11.3 Å². The fourth-order valence-electron chi connectivity index (χ4n) is 1.79. The number of nitrogens with one attached hydrogen (secondary N) is 1. The Bertz CT molecular complexity index is 550. The van der Waals surface area contributed by atoms with Gasteiger partial charge in [0.15, 0.2) is 0 Å². The molecule has 1 atom stereocenters. The van der Waals surface area contributed by atoms with Crippen molar-refractivity contribution in [2.24, 2.45) is 11.7 Å². The van der Waals surface area contributed by atoms with Crippen molar-refractivity contribution in [1.29, 1.82) is 0 Å². The van der Waals surface area contributed by atoms with Crippen LogP contribution in [0.5, 0.6) is 0 Å². The van der Waals surface area contributed by atoms with E-state index in [0.29, 0.717) is 12.3 Å². The lowest BCUT2D eigenvalue weighted by molar-refractivity contribution is -0.117. The highest BCUT2D eigenvalue weighted by atomic mass is 32.1. The van der Waals surface area contributed by atoms with E-state index in [0.717, 1.165) is 15.9 Å². The number of carbonyl (C=O) groups excluding carboxylic acids is 1. The molecule has 0 bridgehead atoms. The van der Waals surface area contributed by atoms with Gasteiger partial charge in [-0.05, 0) is 30.5 Å². The summed E-state index contributed by atoms with van der Waals surface area (Å²) in [6, 6.07) is 5.24. The Morgan fingerprint density at radius 3 is 3.00 bits per heavy atom. The molecule has 1 amide bonds. The van der Waals surface area contributed by atoms with Crippen LogP contribution in [0.15, 0.2) is 23.7 Å². The maximum atomic E-state index is 11.9. The van der Waals surface area contributed by atoms with E-state index in [1.165, 1.54) is 0 Å². The Labute approximate surface area is 110 Å². The van der Waals surface area contributed by atoms with Gasteiger partial charge in [0.2, 0.25) is 5.91 Å². The standard InChI is InChI=1S/C13H17N3OS/c1-8(2)5-10(14)13(17)16-9-3-4-12-11(6-9)15-7-18-12/h3-4,6-8,10H,5,14H2,1-2H3,(H,16,17)/t10-/m0/s1. The Morgan fingerprint density at radius 2 is 2.28 bits per heavy atom. The molecule has 0 fully saturated rings. The van der Waals surface area contributed by atoms with E-state index in [2.05, 4.69) is 24.1 Å². The second-order valence-electron chi connectivity index (χ2n) is 4.76. The zero-order valence-electron chi connectivity index (χ0n) is 10.5. The third kappa shape index (κ3) is 3.05. The number of benzene rings is 1. The number of rotatable bonds is 4. The largest absolute Gasteiger partial charge is 0.325 e. The Morgan fingerprint density at radius 1 is 1.50 bits per heavy atom. The van der Waals surface area contributed by atoms with Gasteiger partial charge in [-0.25, -0.2) is 4.98 Å². The van der Waals surface area contributed by atoms with E-state index in [-0.39, 0.29) is 5.91 Å². The van der Waals surface area contributed by atoms with Crippen LogP contribution in [-0.2, 0) is 4.79 Å². The number of nitrogens with zero attached hydrogens (tertiary/aromatic N) is 1. The second-order valence-corrected chi connectivity index (χ2v) is 5.65. The van der Waals surface area contributed by atoms with Crippen LogP contribution in [0.2, 0.25) is 0 Å². The van der Waals surface area contributed by atoms with Gasteiger partial charge in [0, 0.05) is 5.69 Å². The molecule has 0 aliphatic heterocycles. The average molecular weight is 263 g/mol. The number of nitrogens with two attached hydrogens (primary N) is 1. The van der Waals surface area contributed by atoms with E-state index < -0.39 is 6.04 Å². The lowest BCUT2D eigenvalue weighted by Crippen LogP contribution is -2.36. The molecule has 0 saturated carbocycles. The first-order valence-electron chi connectivity index (χ1n) is 5.96. The predicted octanol–water partition coefficient (Wildman–Crippen LogP) is 2.61. The summed E-state index contributed by atoms with van der Waals surface area (Å²) in [4.78, 5) is 16.1. The van der Waals surface area contributed by atoms with E-state index in [4.69, 9.17) is 5.73 Å².